The second-order valence-corrected chi connectivity index (χ2v) is 7.19. The monoisotopic (exact) mass is 371 g/mol. The molecule has 2 saturated heterocycles. The van der Waals surface area contributed by atoms with Crippen molar-refractivity contribution in [2.45, 2.75) is 12.8 Å². The summed E-state index contributed by atoms with van der Waals surface area (Å²) in [6, 6.07) is 1.27. The van der Waals surface area contributed by atoms with Crippen molar-refractivity contribution in [3.63, 3.8) is 0 Å². The lowest BCUT2D eigenvalue weighted by Crippen LogP contribution is -2.36. The van der Waals surface area contributed by atoms with Crippen LogP contribution in [-0.2, 0) is 18.3 Å². The van der Waals surface area contributed by atoms with Crippen molar-refractivity contribution in [1.29, 1.82) is 0 Å². The van der Waals surface area contributed by atoms with Gasteiger partial charge in [0.25, 0.3) is 11.5 Å². The van der Waals surface area contributed by atoms with Gasteiger partial charge in [-0.3, -0.25) is 14.4 Å². The molecular formula is C17H21N7O3. The molecule has 0 bridgehead atoms. The van der Waals surface area contributed by atoms with Crippen molar-refractivity contribution in [2.24, 2.45) is 18.9 Å². The number of aromatic amines is 1. The fourth-order valence-corrected chi connectivity index (χ4v) is 3.93. The fourth-order valence-electron chi connectivity index (χ4n) is 3.93. The SMILES string of the molecule is Cn1ncc(CCC(=O)N2C[C@@H]3CN(C(=O)c4cn[nH]c(=O)c4)C[C@@H]3C2)n1. The molecule has 0 saturated carbocycles. The van der Waals surface area contributed by atoms with E-state index < -0.39 is 0 Å². The summed E-state index contributed by atoms with van der Waals surface area (Å²) < 4.78 is 0. The Kier molecular flexibility index (Phi) is 4.46. The molecule has 2 aromatic rings. The normalized spacial score (nSPS) is 21.5. The summed E-state index contributed by atoms with van der Waals surface area (Å²) in [6.07, 6.45) is 4.05. The quantitative estimate of drug-likeness (QED) is 0.741. The number of fused-ring (bicyclic) bond motifs is 1. The molecule has 10 nitrogen and oxygen atoms in total. The van der Waals surface area contributed by atoms with Gasteiger partial charge < -0.3 is 9.80 Å². The number of hydrogen-bond acceptors (Lipinski definition) is 6. The van der Waals surface area contributed by atoms with Gasteiger partial charge in [-0.1, -0.05) is 0 Å². The summed E-state index contributed by atoms with van der Waals surface area (Å²) in [5.74, 6) is 0.504. The first-order valence-electron chi connectivity index (χ1n) is 8.96. The molecule has 2 aromatic heterocycles. The average molecular weight is 371 g/mol. The molecular weight excluding hydrogens is 350 g/mol. The Morgan fingerprint density at radius 3 is 2.48 bits per heavy atom. The Morgan fingerprint density at radius 2 is 1.85 bits per heavy atom. The number of amides is 2. The van der Waals surface area contributed by atoms with Crippen LogP contribution in [0, 0.1) is 11.8 Å². The smallest absolute Gasteiger partial charge is 0.264 e. The zero-order valence-corrected chi connectivity index (χ0v) is 15.0. The topological polar surface area (TPSA) is 117 Å². The molecule has 4 heterocycles. The molecule has 2 aliphatic heterocycles. The van der Waals surface area contributed by atoms with Crippen molar-refractivity contribution in [3.8, 4) is 0 Å². The number of rotatable bonds is 4. The summed E-state index contributed by atoms with van der Waals surface area (Å²) in [5, 5.41) is 14.2. The molecule has 2 aliphatic rings. The number of H-pyrrole nitrogens is 1. The van der Waals surface area contributed by atoms with Crippen LogP contribution in [0.2, 0.25) is 0 Å². The van der Waals surface area contributed by atoms with Crippen LogP contribution >= 0.6 is 0 Å². The van der Waals surface area contributed by atoms with Gasteiger partial charge >= 0.3 is 0 Å². The molecule has 2 atom stereocenters. The van der Waals surface area contributed by atoms with Crippen molar-refractivity contribution in [2.75, 3.05) is 26.2 Å². The second kappa shape index (κ2) is 6.93. The van der Waals surface area contributed by atoms with Gasteiger partial charge in [-0.25, -0.2) is 5.10 Å². The maximum absolute atomic E-state index is 12.5. The largest absolute Gasteiger partial charge is 0.342 e. The molecule has 0 aromatic carbocycles. The third-order valence-corrected chi connectivity index (χ3v) is 5.28. The second-order valence-electron chi connectivity index (χ2n) is 7.19. The van der Waals surface area contributed by atoms with Crippen LogP contribution in [0.25, 0.3) is 0 Å². The maximum atomic E-state index is 12.5. The Balaban J connectivity index is 1.30. The van der Waals surface area contributed by atoms with E-state index in [1.165, 1.54) is 17.1 Å². The Hall–Kier alpha value is -3.04. The number of nitrogens with zero attached hydrogens (tertiary/aromatic N) is 6. The van der Waals surface area contributed by atoms with Crippen LogP contribution in [0.5, 0.6) is 0 Å². The molecule has 10 heteroatoms. The molecule has 27 heavy (non-hydrogen) atoms. The van der Waals surface area contributed by atoms with Gasteiger partial charge in [0, 0.05) is 64.0 Å². The van der Waals surface area contributed by atoms with Crippen LogP contribution in [0.15, 0.2) is 23.3 Å². The van der Waals surface area contributed by atoms with Crippen molar-refractivity contribution in [3.05, 3.63) is 40.1 Å². The van der Waals surface area contributed by atoms with E-state index in [1.54, 1.807) is 18.1 Å². The lowest BCUT2D eigenvalue weighted by Gasteiger charge is -2.21. The number of aromatic nitrogens is 5. The van der Waals surface area contributed by atoms with Crippen molar-refractivity contribution < 1.29 is 9.59 Å². The van der Waals surface area contributed by atoms with Crippen LogP contribution in [0.4, 0.5) is 0 Å². The van der Waals surface area contributed by atoms with Gasteiger partial charge in [-0.2, -0.15) is 20.1 Å². The highest BCUT2D eigenvalue weighted by Crippen LogP contribution is 2.32. The zero-order chi connectivity index (χ0) is 19.0. The van der Waals surface area contributed by atoms with Crippen LogP contribution in [0.3, 0.4) is 0 Å². The maximum Gasteiger partial charge on any atom is 0.264 e. The summed E-state index contributed by atoms with van der Waals surface area (Å²) in [6.45, 7) is 2.54. The molecule has 0 radical (unpaired) electrons. The zero-order valence-electron chi connectivity index (χ0n) is 15.0. The summed E-state index contributed by atoms with van der Waals surface area (Å²) in [7, 11) is 1.75. The predicted octanol–water partition coefficient (Wildman–Crippen LogP) is -0.938. The van der Waals surface area contributed by atoms with E-state index in [-0.39, 0.29) is 29.2 Å². The molecule has 2 fully saturated rings. The number of nitrogens with one attached hydrogen (secondary N) is 1. The van der Waals surface area contributed by atoms with E-state index in [4.69, 9.17) is 0 Å². The minimum absolute atomic E-state index is 0.117. The van der Waals surface area contributed by atoms with E-state index in [2.05, 4.69) is 20.4 Å². The van der Waals surface area contributed by atoms with Crippen LogP contribution < -0.4 is 5.56 Å². The minimum Gasteiger partial charge on any atom is -0.342 e. The number of likely N-dealkylation sites (tertiary alicyclic amines) is 2. The van der Waals surface area contributed by atoms with E-state index in [1.807, 2.05) is 4.90 Å². The molecule has 0 unspecified atom stereocenters. The van der Waals surface area contributed by atoms with Crippen LogP contribution in [-0.4, -0.2) is 73.0 Å². The average Bonchev–Trinajstić information content (AvgIpc) is 3.33. The number of carbonyl (C=O) groups is 2. The Morgan fingerprint density at radius 1 is 1.15 bits per heavy atom. The van der Waals surface area contributed by atoms with Gasteiger partial charge in [-0.05, 0) is 0 Å². The van der Waals surface area contributed by atoms with Gasteiger partial charge in [0.1, 0.15) is 0 Å². The third-order valence-electron chi connectivity index (χ3n) is 5.28. The first-order valence-corrected chi connectivity index (χ1v) is 8.96. The molecule has 0 spiro atoms. The Bertz CT molecular complexity index is 907. The van der Waals surface area contributed by atoms with E-state index in [9.17, 15) is 14.4 Å². The van der Waals surface area contributed by atoms with Gasteiger partial charge in [0.05, 0.1) is 23.7 Å². The van der Waals surface area contributed by atoms with E-state index in [0.29, 0.717) is 44.6 Å². The van der Waals surface area contributed by atoms with Gasteiger partial charge in [-0.15, -0.1) is 0 Å². The molecule has 142 valence electrons. The Labute approximate surface area is 155 Å². The number of carbonyl (C=O) groups excluding carboxylic acids is 2. The van der Waals surface area contributed by atoms with Gasteiger partial charge in [0.2, 0.25) is 5.91 Å². The highest BCUT2D eigenvalue weighted by atomic mass is 16.2. The van der Waals surface area contributed by atoms with Crippen molar-refractivity contribution >= 4 is 11.8 Å². The lowest BCUT2D eigenvalue weighted by molar-refractivity contribution is -0.130. The molecule has 0 aliphatic carbocycles. The van der Waals surface area contributed by atoms with Gasteiger partial charge in [0.15, 0.2) is 0 Å². The highest BCUT2D eigenvalue weighted by molar-refractivity contribution is 5.94. The van der Waals surface area contributed by atoms with E-state index in [0.717, 1.165) is 5.69 Å². The summed E-state index contributed by atoms with van der Waals surface area (Å²) in [5.41, 5.74) is 0.726. The molecule has 4 rings (SSSR count). The van der Waals surface area contributed by atoms with Crippen LogP contribution in [0.1, 0.15) is 22.5 Å². The predicted molar refractivity (Wildman–Crippen MR) is 93.6 cm³/mol. The standard InChI is InChI=1S/C17H21N7O3/c1-22-19-6-14(21-22)2-3-16(26)23-7-12-9-24(10-13(12)8-23)17(27)11-4-15(25)20-18-5-11/h4-6,12-13H,2-3,7-10H2,1H3,(H,20,25)/t12-,13+. The highest BCUT2D eigenvalue weighted by Gasteiger charge is 2.43. The number of hydrogen-bond donors (Lipinski definition) is 1. The molecule has 1 N–H and O–H groups in total. The lowest BCUT2D eigenvalue weighted by atomic mass is 10.0. The minimum atomic E-state index is -0.389. The first kappa shape index (κ1) is 17.4. The number of aryl methyl sites for hydroxylation is 2. The fraction of sp³-hybridized carbons (Fsp3) is 0.529. The molecule has 2 amide bonds. The third kappa shape index (κ3) is 3.60. The first-order chi connectivity index (χ1) is 13.0. The summed E-state index contributed by atoms with van der Waals surface area (Å²) in [4.78, 5) is 41.5. The summed E-state index contributed by atoms with van der Waals surface area (Å²) >= 11 is 0. The van der Waals surface area contributed by atoms with Crippen molar-refractivity contribution in [1.82, 2.24) is 35.0 Å². The van der Waals surface area contributed by atoms with E-state index >= 15 is 0 Å².